The number of rotatable bonds is 10. The minimum atomic E-state index is -0.128. The fourth-order valence-electron chi connectivity index (χ4n) is 4.24. The van der Waals surface area contributed by atoms with Crippen molar-refractivity contribution in [3.63, 3.8) is 0 Å². The number of carbonyl (C=O) groups is 2. The lowest BCUT2D eigenvalue weighted by Gasteiger charge is -2.16. The molecule has 4 aromatic rings. The highest BCUT2D eigenvalue weighted by molar-refractivity contribution is 6.01. The fourth-order valence-corrected chi connectivity index (χ4v) is 4.24. The predicted molar refractivity (Wildman–Crippen MR) is 143 cm³/mol. The van der Waals surface area contributed by atoms with Crippen molar-refractivity contribution >= 4 is 11.8 Å². The predicted octanol–water partition coefficient (Wildman–Crippen LogP) is 5.53. The van der Waals surface area contributed by atoms with Crippen molar-refractivity contribution in [1.82, 2.24) is 15.6 Å². The smallest absolute Gasteiger partial charge is 0.251 e. The van der Waals surface area contributed by atoms with Crippen molar-refractivity contribution in [2.75, 3.05) is 6.54 Å². The SMILES string of the molecule is CC(CC(=O)NCc1ccccc1-c1ccccc1C(=O)NCCc1ccccn1)c1ccccc1. The van der Waals surface area contributed by atoms with E-state index in [0.717, 1.165) is 27.9 Å². The third-order valence-corrected chi connectivity index (χ3v) is 6.21. The summed E-state index contributed by atoms with van der Waals surface area (Å²) in [5.74, 6) is 0.00992. The van der Waals surface area contributed by atoms with Gasteiger partial charge in [0, 0.05) is 43.4 Å². The highest BCUT2D eigenvalue weighted by Crippen LogP contribution is 2.27. The van der Waals surface area contributed by atoms with Crippen LogP contribution >= 0.6 is 0 Å². The summed E-state index contributed by atoms with van der Waals surface area (Å²) in [6.07, 6.45) is 2.84. The maximum absolute atomic E-state index is 13.1. The topological polar surface area (TPSA) is 71.1 Å². The van der Waals surface area contributed by atoms with Crippen LogP contribution in [0.3, 0.4) is 0 Å². The van der Waals surface area contributed by atoms with Crippen molar-refractivity contribution < 1.29 is 9.59 Å². The first kappa shape index (κ1) is 24.9. The zero-order chi connectivity index (χ0) is 25.2. The van der Waals surface area contributed by atoms with E-state index in [1.165, 1.54) is 0 Å². The summed E-state index contributed by atoms with van der Waals surface area (Å²) in [6.45, 7) is 2.96. The number of benzene rings is 3. The van der Waals surface area contributed by atoms with Gasteiger partial charge in [0.05, 0.1) is 0 Å². The molecule has 0 aliphatic carbocycles. The van der Waals surface area contributed by atoms with Gasteiger partial charge in [0.15, 0.2) is 0 Å². The third kappa shape index (κ3) is 6.66. The molecule has 3 aromatic carbocycles. The van der Waals surface area contributed by atoms with Crippen LogP contribution in [0.25, 0.3) is 11.1 Å². The molecule has 36 heavy (non-hydrogen) atoms. The molecule has 182 valence electrons. The van der Waals surface area contributed by atoms with Crippen LogP contribution in [0, 0.1) is 0 Å². The van der Waals surface area contributed by atoms with E-state index in [9.17, 15) is 9.59 Å². The van der Waals surface area contributed by atoms with Gasteiger partial charge in [-0.05, 0) is 46.4 Å². The van der Waals surface area contributed by atoms with Crippen molar-refractivity contribution in [2.45, 2.75) is 32.2 Å². The van der Waals surface area contributed by atoms with Crippen molar-refractivity contribution in [1.29, 1.82) is 0 Å². The van der Waals surface area contributed by atoms with Crippen LogP contribution in [0.2, 0.25) is 0 Å². The van der Waals surface area contributed by atoms with Gasteiger partial charge in [-0.3, -0.25) is 14.6 Å². The summed E-state index contributed by atoms with van der Waals surface area (Å²) in [5.41, 5.74) is 5.44. The van der Waals surface area contributed by atoms with Gasteiger partial charge in [-0.1, -0.05) is 85.8 Å². The molecule has 5 nitrogen and oxygen atoms in total. The first-order valence-corrected chi connectivity index (χ1v) is 12.3. The molecular formula is C31H31N3O2. The van der Waals surface area contributed by atoms with Crippen molar-refractivity contribution in [3.05, 3.63) is 126 Å². The normalized spacial score (nSPS) is 11.5. The summed E-state index contributed by atoms with van der Waals surface area (Å²) >= 11 is 0. The van der Waals surface area contributed by atoms with Crippen LogP contribution in [-0.2, 0) is 17.8 Å². The van der Waals surface area contributed by atoms with E-state index in [0.29, 0.717) is 31.5 Å². The van der Waals surface area contributed by atoms with Gasteiger partial charge in [-0.15, -0.1) is 0 Å². The van der Waals surface area contributed by atoms with Gasteiger partial charge < -0.3 is 10.6 Å². The lowest BCUT2D eigenvalue weighted by molar-refractivity contribution is -0.121. The Hall–Kier alpha value is -4.25. The summed E-state index contributed by atoms with van der Waals surface area (Å²) < 4.78 is 0. The highest BCUT2D eigenvalue weighted by Gasteiger charge is 2.16. The number of hydrogen-bond acceptors (Lipinski definition) is 3. The van der Waals surface area contributed by atoms with Crippen LogP contribution in [0.4, 0.5) is 0 Å². The minimum absolute atomic E-state index is 0.00158. The third-order valence-electron chi connectivity index (χ3n) is 6.21. The Morgan fingerprint density at radius 2 is 1.47 bits per heavy atom. The number of nitrogens with one attached hydrogen (secondary N) is 2. The van der Waals surface area contributed by atoms with E-state index in [1.54, 1.807) is 6.20 Å². The van der Waals surface area contributed by atoms with Gasteiger partial charge in [0.25, 0.3) is 5.91 Å². The Morgan fingerprint density at radius 1 is 0.778 bits per heavy atom. The Morgan fingerprint density at radius 3 is 2.25 bits per heavy atom. The highest BCUT2D eigenvalue weighted by atomic mass is 16.2. The number of aromatic nitrogens is 1. The second kappa shape index (κ2) is 12.5. The molecule has 5 heteroatoms. The summed E-state index contributed by atoms with van der Waals surface area (Å²) in [7, 11) is 0. The van der Waals surface area contributed by atoms with E-state index in [2.05, 4.69) is 22.5 Å². The Labute approximate surface area is 212 Å². The molecule has 2 N–H and O–H groups in total. The average molecular weight is 478 g/mol. The van der Waals surface area contributed by atoms with Crippen LogP contribution < -0.4 is 10.6 Å². The maximum Gasteiger partial charge on any atom is 0.251 e. The Kier molecular flexibility index (Phi) is 8.60. The van der Waals surface area contributed by atoms with E-state index in [-0.39, 0.29) is 17.7 Å². The zero-order valence-corrected chi connectivity index (χ0v) is 20.5. The fraction of sp³-hybridized carbons (Fsp3) is 0.194. The molecule has 0 saturated heterocycles. The average Bonchev–Trinajstić information content (AvgIpc) is 2.93. The molecule has 0 saturated carbocycles. The van der Waals surface area contributed by atoms with E-state index < -0.39 is 0 Å². The van der Waals surface area contributed by atoms with Gasteiger partial charge >= 0.3 is 0 Å². The molecule has 0 aliphatic heterocycles. The van der Waals surface area contributed by atoms with Crippen LogP contribution in [0.15, 0.2) is 103 Å². The number of carbonyl (C=O) groups excluding carboxylic acids is 2. The van der Waals surface area contributed by atoms with Gasteiger partial charge in [0.1, 0.15) is 0 Å². The van der Waals surface area contributed by atoms with Gasteiger partial charge in [0.2, 0.25) is 5.91 Å². The second-order valence-electron chi connectivity index (χ2n) is 8.82. The largest absolute Gasteiger partial charge is 0.352 e. The minimum Gasteiger partial charge on any atom is -0.352 e. The van der Waals surface area contributed by atoms with E-state index in [4.69, 9.17) is 0 Å². The number of nitrogens with zero attached hydrogens (tertiary/aromatic N) is 1. The van der Waals surface area contributed by atoms with Crippen LogP contribution in [0.5, 0.6) is 0 Å². The standard InChI is InChI=1S/C31H31N3O2/c1-23(24-11-3-2-4-12-24)21-30(35)34-22-25-13-5-6-15-27(25)28-16-7-8-17-29(28)31(36)33-20-18-26-14-9-10-19-32-26/h2-17,19,23H,18,20-22H2,1H3,(H,33,36)(H,34,35). The Balaban J connectivity index is 1.42. The lowest BCUT2D eigenvalue weighted by atomic mass is 9.94. The molecule has 1 aromatic heterocycles. The summed E-state index contributed by atoms with van der Waals surface area (Å²) in [5, 5.41) is 6.08. The second-order valence-corrected chi connectivity index (χ2v) is 8.82. The molecule has 0 bridgehead atoms. The van der Waals surface area contributed by atoms with E-state index >= 15 is 0 Å². The number of pyridine rings is 1. The van der Waals surface area contributed by atoms with E-state index in [1.807, 2.05) is 97.1 Å². The Bertz CT molecular complexity index is 1290. The molecule has 1 unspecified atom stereocenters. The zero-order valence-electron chi connectivity index (χ0n) is 20.5. The van der Waals surface area contributed by atoms with Gasteiger partial charge in [-0.2, -0.15) is 0 Å². The molecule has 0 spiro atoms. The molecule has 2 amide bonds. The number of amides is 2. The summed E-state index contributed by atoms with van der Waals surface area (Å²) in [4.78, 5) is 30.0. The summed E-state index contributed by atoms with van der Waals surface area (Å²) in [6, 6.07) is 31.3. The van der Waals surface area contributed by atoms with Crippen LogP contribution in [-0.4, -0.2) is 23.3 Å². The van der Waals surface area contributed by atoms with Gasteiger partial charge in [-0.25, -0.2) is 0 Å². The first-order chi connectivity index (χ1) is 17.6. The number of hydrogen-bond donors (Lipinski definition) is 2. The monoisotopic (exact) mass is 477 g/mol. The molecular weight excluding hydrogens is 446 g/mol. The molecule has 1 atom stereocenters. The van der Waals surface area contributed by atoms with Crippen molar-refractivity contribution in [3.8, 4) is 11.1 Å². The lowest BCUT2D eigenvalue weighted by Crippen LogP contribution is -2.26. The first-order valence-electron chi connectivity index (χ1n) is 12.3. The van der Waals surface area contributed by atoms with Crippen molar-refractivity contribution in [2.24, 2.45) is 0 Å². The quantitative estimate of drug-likeness (QED) is 0.315. The molecule has 1 heterocycles. The maximum atomic E-state index is 13.1. The molecule has 0 fully saturated rings. The molecule has 0 aliphatic rings. The molecule has 0 radical (unpaired) electrons. The molecule has 4 rings (SSSR count). The van der Waals surface area contributed by atoms with Crippen LogP contribution in [0.1, 0.15) is 46.4 Å².